The molecular weight excluding hydrogens is 162 g/mol. The number of hydrogen-bond acceptors (Lipinski definition) is 2. The van der Waals surface area contributed by atoms with Crippen LogP contribution in [0, 0.1) is 0 Å². The van der Waals surface area contributed by atoms with Gasteiger partial charge in [0.2, 0.25) is 0 Å². The largest absolute Gasteiger partial charge is 0.316 e. The fraction of sp³-hybridized carbons (Fsp3) is 0.364. The van der Waals surface area contributed by atoms with Crippen molar-refractivity contribution in [2.24, 2.45) is 0 Å². The van der Waals surface area contributed by atoms with Gasteiger partial charge in [0.25, 0.3) is 0 Å². The third-order valence-corrected chi connectivity index (χ3v) is 2.11. The molecule has 0 radical (unpaired) electrons. The first-order valence-electron chi connectivity index (χ1n) is 4.51. The summed E-state index contributed by atoms with van der Waals surface area (Å²) in [7, 11) is 1.89. The van der Waals surface area contributed by atoms with E-state index in [9.17, 15) is 4.79 Å². The SMILES string of the molecule is CNC(CC=O)Cc1ccccc1. The Morgan fingerprint density at radius 3 is 2.62 bits per heavy atom. The highest BCUT2D eigenvalue weighted by molar-refractivity contribution is 5.50. The van der Waals surface area contributed by atoms with Gasteiger partial charge in [0, 0.05) is 12.5 Å². The molecule has 0 heterocycles. The van der Waals surface area contributed by atoms with Crippen LogP contribution in [0.1, 0.15) is 12.0 Å². The summed E-state index contributed by atoms with van der Waals surface area (Å²) in [5.74, 6) is 0. The van der Waals surface area contributed by atoms with E-state index >= 15 is 0 Å². The van der Waals surface area contributed by atoms with Gasteiger partial charge in [-0.1, -0.05) is 30.3 Å². The molecule has 13 heavy (non-hydrogen) atoms. The molecule has 0 bridgehead atoms. The maximum absolute atomic E-state index is 10.3. The van der Waals surface area contributed by atoms with E-state index in [0.717, 1.165) is 12.7 Å². The Hall–Kier alpha value is -1.15. The molecule has 1 N–H and O–H groups in total. The molecule has 2 nitrogen and oxygen atoms in total. The lowest BCUT2D eigenvalue weighted by Gasteiger charge is -2.12. The molecular formula is C11H15NO. The van der Waals surface area contributed by atoms with Crippen LogP contribution in [0.15, 0.2) is 30.3 Å². The van der Waals surface area contributed by atoms with Crippen LogP contribution in [-0.4, -0.2) is 19.4 Å². The zero-order valence-electron chi connectivity index (χ0n) is 7.86. The van der Waals surface area contributed by atoms with Gasteiger partial charge in [0.05, 0.1) is 0 Å². The minimum Gasteiger partial charge on any atom is -0.316 e. The van der Waals surface area contributed by atoms with Crippen LogP contribution in [0.4, 0.5) is 0 Å². The number of aldehydes is 1. The Morgan fingerprint density at radius 1 is 1.38 bits per heavy atom. The van der Waals surface area contributed by atoms with Crippen LogP contribution in [-0.2, 0) is 11.2 Å². The molecule has 0 amide bonds. The van der Waals surface area contributed by atoms with Crippen molar-refractivity contribution in [1.82, 2.24) is 5.32 Å². The van der Waals surface area contributed by atoms with Crippen LogP contribution < -0.4 is 5.32 Å². The summed E-state index contributed by atoms with van der Waals surface area (Å²) in [5.41, 5.74) is 1.27. The molecule has 2 heteroatoms. The van der Waals surface area contributed by atoms with Crippen molar-refractivity contribution in [1.29, 1.82) is 0 Å². The summed E-state index contributed by atoms with van der Waals surface area (Å²) in [6.07, 6.45) is 2.45. The van der Waals surface area contributed by atoms with E-state index in [1.54, 1.807) is 0 Å². The van der Waals surface area contributed by atoms with E-state index in [1.165, 1.54) is 5.56 Å². The predicted molar refractivity (Wildman–Crippen MR) is 53.7 cm³/mol. The van der Waals surface area contributed by atoms with Crippen LogP contribution in [0.2, 0.25) is 0 Å². The van der Waals surface area contributed by atoms with Crippen molar-refractivity contribution in [2.75, 3.05) is 7.05 Å². The third-order valence-electron chi connectivity index (χ3n) is 2.11. The number of benzene rings is 1. The highest BCUT2D eigenvalue weighted by atomic mass is 16.1. The zero-order chi connectivity index (χ0) is 9.52. The molecule has 0 aliphatic carbocycles. The maximum Gasteiger partial charge on any atom is 0.121 e. The van der Waals surface area contributed by atoms with E-state index in [-0.39, 0.29) is 6.04 Å². The minimum absolute atomic E-state index is 0.264. The Morgan fingerprint density at radius 2 is 2.08 bits per heavy atom. The molecule has 1 rings (SSSR count). The van der Waals surface area contributed by atoms with Crippen molar-refractivity contribution >= 4 is 6.29 Å². The summed E-state index contributed by atoms with van der Waals surface area (Å²) in [5, 5.41) is 3.12. The number of rotatable bonds is 5. The summed E-state index contributed by atoms with van der Waals surface area (Å²) in [4.78, 5) is 10.3. The zero-order valence-corrected chi connectivity index (χ0v) is 7.86. The average Bonchev–Trinajstić information content (AvgIpc) is 2.19. The number of likely N-dealkylation sites (N-methyl/N-ethyl adjacent to an activating group) is 1. The standard InChI is InChI=1S/C11H15NO/c1-12-11(7-8-13)9-10-5-3-2-4-6-10/h2-6,8,11-12H,7,9H2,1H3. The Bertz CT molecular complexity index is 246. The smallest absolute Gasteiger partial charge is 0.121 e. The van der Waals surface area contributed by atoms with Crippen LogP contribution in [0.5, 0.6) is 0 Å². The van der Waals surface area contributed by atoms with Crippen molar-refractivity contribution in [3.05, 3.63) is 35.9 Å². The molecule has 0 aliphatic heterocycles. The topological polar surface area (TPSA) is 29.1 Å². The Balaban J connectivity index is 2.51. The summed E-state index contributed by atoms with van der Waals surface area (Å²) < 4.78 is 0. The first-order valence-corrected chi connectivity index (χ1v) is 4.51. The van der Waals surface area contributed by atoms with Crippen LogP contribution in [0.3, 0.4) is 0 Å². The van der Waals surface area contributed by atoms with Gasteiger partial charge >= 0.3 is 0 Å². The first-order chi connectivity index (χ1) is 6.36. The van der Waals surface area contributed by atoms with Gasteiger partial charge in [-0.3, -0.25) is 0 Å². The summed E-state index contributed by atoms with van der Waals surface area (Å²) in [6.45, 7) is 0. The maximum atomic E-state index is 10.3. The predicted octanol–water partition coefficient (Wildman–Crippen LogP) is 1.41. The van der Waals surface area contributed by atoms with Crippen molar-refractivity contribution in [3.63, 3.8) is 0 Å². The quantitative estimate of drug-likeness (QED) is 0.689. The first kappa shape index (κ1) is 9.93. The molecule has 0 fully saturated rings. The van der Waals surface area contributed by atoms with Gasteiger partial charge < -0.3 is 10.1 Å². The van der Waals surface area contributed by atoms with E-state index in [1.807, 2.05) is 25.2 Å². The Kier molecular flexibility index (Phi) is 4.19. The van der Waals surface area contributed by atoms with Crippen molar-refractivity contribution in [3.8, 4) is 0 Å². The van der Waals surface area contributed by atoms with E-state index in [0.29, 0.717) is 6.42 Å². The van der Waals surface area contributed by atoms with Gasteiger partial charge in [-0.05, 0) is 19.0 Å². The van der Waals surface area contributed by atoms with Gasteiger partial charge in [-0.2, -0.15) is 0 Å². The van der Waals surface area contributed by atoms with Crippen molar-refractivity contribution < 1.29 is 4.79 Å². The molecule has 1 unspecified atom stereocenters. The Labute approximate surface area is 79.0 Å². The summed E-state index contributed by atoms with van der Waals surface area (Å²) >= 11 is 0. The lowest BCUT2D eigenvalue weighted by molar-refractivity contribution is -0.108. The molecule has 1 aromatic rings. The molecule has 0 aromatic heterocycles. The van der Waals surface area contributed by atoms with Gasteiger partial charge in [0.15, 0.2) is 0 Å². The lowest BCUT2D eigenvalue weighted by atomic mass is 10.0. The molecule has 0 aliphatic rings. The normalized spacial score (nSPS) is 12.4. The molecule has 1 aromatic carbocycles. The number of carbonyl (C=O) groups is 1. The highest BCUT2D eigenvalue weighted by Gasteiger charge is 2.05. The fourth-order valence-corrected chi connectivity index (χ4v) is 1.32. The number of nitrogens with one attached hydrogen (secondary N) is 1. The summed E-state index contributed by atoms with van der Waals surface area (Å²) in [6, 6.07) is 10.5. The van der Waals surface area contributed by atoms with Crippen molar-refractivity contribution in [2.45, 2.75) is 18.9 Å². The van der Waals surface area contributed by atoms with E-state index in [4.69, 9.17) is 0 Å². The second kappa shape index (κ2) is 5.49. The fourth-order valence-electron chi connectivity index (χ4n) is 1.32. The van der Waals surface area contributed by atoms with Crippen LogP contribution in [0.25, 0.3) is 0 Å². The molecule has 70 valence electrons. The average molecular weight is 177 g/mol. The number of hydrogen-bond donors (Lipinski definition) is 1. The lowest BCUT2D eigenvalue weighted by Crippen LogP contribution is -2.27. The van der Waals surface area contributed by atoms with Crippen LogP contribution >= 0.6 is 0 Å². The molecule has 1 atom stereocenters. The highest BCUT2D eigenvalue weighted by Crippen LogP contribution is 2.04. The minimum atomic E-state index is 0.264. The van der Waals surface area contributed by atoms with E-state index < -0.39 is 0 Å². The molecule has 0 saturated carbocycles. The number of carbonyl (C=O) groups excluding carboxylic acids is 1. The van der Waals surface area contributed by atoms with Gasteiger partial charge in [-0.15, -0.1) is 0 Å². The molecule has 0 saturated heterocycles. The monoisotopic (exact) mass is 177 g/mol. The molecule has 0 spiro atoms. The third kappa shape index (κ3) is 3.38. The second-order valence-corrected chi connectivity index (χ2v) is 3.08. The van der Waals surface area contributed by atoms with Gasteiger partial charge in [0.1, 0.15) is 6.29 Å². The van der Waals surface area contributed by atoms with Gasteiger partial charge in [-0.25, -0.2) is 0 Å². The second-order valence-electron chi connectivity index (χ2n) is 3.08. The van der Waals surface area contributed by atoms with E-state index in [2.05, 4.69) is 17.4 Å².